The molecular formula is C21H21ClN2O4. The van der Waals surface area contributed by atoms with Crippen LogP contribution in [0.5, 0.6) is 11.5 Å². The molecule has 28 heavy (non-hydrogen) atoms. The standard InChI is InChI=1S/C21H21ClN2O4/c1-4-24(13-14-5-10-18(26-2)20(11-14)27-3)21(25)17-12-19(28-23-17)15-6-8-16(22)9-7-15/h5-12H,4,13H2,1-3H3. The maximum absolute atomic E-state index is 12.9. The number of hydrogen-bond acceptors (Lipinski definition) is 5. The molecule has 2 aromatic carbocycles. The van der Waals surface area contributed by atoms with Gasteiger partial charge in [0.2, 0.25) is 0 Å². The lowest BCUT2D eigenvalue weighted by Crippen LogP contribution is -2.30. The fourth-order valence-electron chi connectivity index (χ4n) is 2.81. The van der Waals surface area contributed by atoms with Crippen LogP contribution in [0.25, 0.3) is 11.3 Å². The molecule has 146 valence electrons. The molecule has 0 saturated heterocycles. The lowest BCUT2D eigenvalue weighted by molar-refractivity contribution is 0.0742. The molecule has 3 aromatic rings. The largest absolute Gasteiger partial charge is 0.493 e. The van der Waals surface area contributed by atoms with E-state index in [-0.39, 0.29) is 11.6 Å². The predicted molar refractivity (Wildman–Crippen MR) is 107 cm³/mol. The highest BCUT2D eigenvalue weighted by molar-refractivity contribution is 6.30. The Labute approximate surface area is 168 Å². The van der Waals surface area contributed by atoms with Crippen molar-refractivity contribution in [1.29, 1.82) is 0 Å². The Kier molecular flexibility index (Phi) is 6.21. The lowest BCUT2D eigenvalue weighted by Gasteiger charge is -2.20. The van der Waals surface area contributed by atoms with Crippen molar-refractivity contribution >= 4 is 17.5 Å². The fourth-order valence-corrected chi connectivity index (χ4v) is 2.94. The molecule has 3 rings (SSSR count). The molecule has 0 aliphatic carbocycles. The summed E-state index contributed by atoms with van der Waals surface area (Å²) in [7, 11) is 3.17. The Morgan fingerprint density at radius 2 is 1.79 bits per heavy atom. The van der Waals surface area contributed by atoms with E-state index in [9.17, 15) is 4.79 Å². The van der Waals surface area contributed by atoms with Gasteiger partial charge in [0.05, 0.1) is 14.2 Å². The number of ether oxygens (including phenoxy) is 2. The van der Waals surface area contributed by atoms with Gasteiger partial charge in [0.25, 0.3) is 5.91 Å². The highest BCUT2D eigenvalue weighted by Crippen LogP contribution is 2.28. The van der Waals surface area contributed by atoms with Crippen molar-refractivity contribution in [1.82, 2.24) is 10.1 Å². The predicted octanol–water partition coefficient (Wildman–Crippen LogP) is 4.67. The summed E-state index contributed by atoms with van der Waals surface area (Å²) in [5.41, 5.74) is 1.99. The van der Waals surface area contributed by atoms with E-state index < -0.39 is 0 Å². The summed E-state index contributed by atoms with van der Waals surface area (Å²) in [6.07, 6.45) is 0. The van der Waals surface area contributed by atoms with E-state index in [2.05, 4.69) is 5.16 Å². The van der Waals surface area contributed by atoms with Gasteiger partial charge in [0.15, 0.2) is 23.0 Å². The van der Waals surface area contributed by atoms with Crippen LogP contribution in [-0.4, -0.2) is 36.7 Å². The first-order valence-corrected chi connectivity index (χ1v) is 9.16. The minimum atomic E-state index is -0.207. The van der Waals surface area contributed by atoms with E-state index in [1.807, 2.05) is 37.3 Å². The summed E-state index contributed by atoms with van der Waals surface area (Å²) < 4.78 is 15.9. The zero-order valence-electron chi connectivity index (χ0n) is 15.9. The second-order valence-corrected chi connectivity index (χ2v) is 6.53. The molecule has 1 aromatic heterocycles. The van der Waals surface area contributed by atoms with Crippen molar-refractivity contribution in [3.8, 4) is 22.8 Å². The van der Waals surface area contributed by atoms with Gasteiger partial charge in [-0.05, 0) is 48.9 Å². The zero-order valence-corrected chi connectivity index (χ0v) is 16.7. The van der Waals surface area contributed by atoms with Crippen molar-refractivity contribution in [3.05, 3.63) is 64.8 Å². The number of halogens is 1. The molecule has 0 radical (unpaired) electrons. The van der Waals surface area contributed by atoms with Crippen LogP contribution in [0, 0.1) is 0 Å². The van der Waals surface area contributed by atoms with Crippen LogP contribution in [0.2, 0.25) is 5.02 Å². The van der Waals surface area contributed by atoms with Gasteiger partial charge in [-0.1, -0.05) is 22.8 Å². The maximum atomic E-state index is 12.9. The van der Waals surface area contributed by atoms with Crippen molar-refractivity contribution in [2.45, 2.75) is 13.5 Å². The van der Waals surface area contributed by atoms with E-state index >= 15 is 0 Å². The summed E-state index contributed by atoms with van der Waals surface area (Å²) in [6, 6.07) is 14.4. The summed E-state index contributed by atoms with van der Waals surface area (Å²) in [6.45, 7) is 2.86. The number of nitrogens with zero attached hydrogens (tertiary/aromatic N) is 2. The van der Waals surface area contributed by atoms with E-state index in [4.69, 9.17) is 25.6 Å². The minimum Gasteiger partial charge on any atom is -0.493 e. The van der Waals surface area contributed by atoms with E-state index in [0.29, 0.717) is 35.4 Å². The summed E-state index contributed by atoms with van der Waals surface area (Å²) in [5.74, 6) is 1.57. The second-order valence-electron chi connectivity index (χ2n) is 6.09. The normalized spacial score (nSPS) is 10.6. The maximum Gasteiger partial charge on any atom is 0.276 e. The Balaban J connectivity index is 1.78. The highest BCUT2D eigenvalue weighted by atomic mass is 35.5. The first kappa shape index (κ1) is 19.8. The quantitative estimate of drug-likeness (QED) is 0.576. The Morgan fingerprint density at radius 1 is 1.07 bits per heavy atom. The molecule has 1 heterocycles. The monoisotopic (exact) mass is 400 g/mol. The van der Waals surface area contributed by atoms with Crippen LogP contribution in [0.3, 0.4) is 0 Å². The van der Waals surface area contributed by atoms with Crippen LogP contribution in [-0.2, 0) is 6.54 Å². The molecule has 0 aliphatic heterocycles. The fraction of sp³-hybridized carbons (Fsp3) is 0.238. The van der Waals surface area contributed by atoms with E-state index in [1.165, 1.54) is 0 Å². The van der Waals surface area contributed by atoms with E-state index in [0.717, 1.165) is 11.1 Å². The molecule has 0 bridgehead atoms. The number of carbonyl (C=O) groups excluding carboxylic acids is 1. The second kappa shape index (κ2) is 8.80. The van der Waals surface area contributed by atoms with E-state index in [1.54, 1.807) is 37.3 Å². The average molecular weight is 401 g/mol. The lowest BCUT2D eigenvalue weighted by atomic mass is 10.1. The smallest absolute Gasteiger partial charge is 0.276 e. The minimum absolute atomic E-state index is 0.207. The number of benzene rings is 2. The van der Waals surface area contributed by atoms with Crippen molar-refractivity contribution in [3.63, 3.8) is 0 Å². The van der Waals surface area contributed by atoms with Gasteiger partial charge in [-0.2, -0.15) is 0 Å². The van der Waals surface area contributed by atoms with Gasteiger partial charge in [-0.3, -0.25) is 4.79 Å². The van der Waals surface area contributed by atoms with Crippen LogP contribution in [0.1, 0.15) is 23.0 Å². The number of rotatable bonds is 7. The molecular weight excluding hydrogens is 380 g/mol. The molecule has 7 heteroatoms. The number of amides is 1. The third-order valence-electron chi connectivity index (χ3n) is 4.35. The van der Waals surface area contributed by atoms with Gasteiger partial charge in [0, 0.05) is 29.7 Å². The molecule has 6 nitrogen and oxygen atoms in total. The van der Waals surface area contributed by atoms with Gasteiger partial charge in [-0.15, -0.1) is 0 Å². The zero-order chi connectivity index (χ0) is 20.1. The Morgan fingerprint density at radius 3 is 2.43 bits per heavy atom. The van der Waals surface area contributed by atoms with Crippen molar-refractivity contribution in [2.24, 2.45) is 0 Å². The number of methoxy groups -OCH3 is 2. The first-order valence-electron chi connectivity index (χ1n) is 8.78. The molecule has 0 aliphatic rings. The third kappa shape index (κ3) is 4.28. The third-order valence-corrected chi connectivity index (χ3v) is 4.60. The number of hydrogen-bond donors (Lipinski definition) is 0. The molecule has 0 atom stereocenters. The highest BCUT2D eigenvalue weighted by Gasteiger charge is 2.20. The van der Waals surface area contributed by atoms with Crippen LogP contribution >= 0.6 is 11.6 Å². The Bertz CT molecular complexity index is 953. The van der Waals surface area contributed by atoms with Gasteiger partial charge in [-0.25, -0.2) is 0 Å². The van der Waals surface area contributed by atoms with Gasteiger partial charge < -0.3 is 18.9 Å². The van der Waals surface area contributed by atoms with Crippen LogP contribution < -0.4 is 9.47 Å². The Hall–Kier alpha value is -2.99. The summed E-state index contributed by atoms with van der Waals surface area (Å²) >= 11 is 5.91. The molecule has 1 amide bonds. The molecule has 0 spiro atoms. The van der Waals surface area contributed by atoms with Gasteiger partial charge >= 0.3 is 0 Å². The molecule has 0 N–H and O–H groups in total. The number of carbonyl (C=O) groups is 1. The first-order chi connectivity index (χ1) is 13.5. The summed E-state index contributed by atoms with van der Waals surface area (Å²) in [4.78, 5) is 14.6. The molecule has 0 unspecified atom stereocenters. The average Bonchev–Trinajstić information content (AvgIpc) is 3.22. The SMILES string of the molecule is CCN(Cc1ccc(OC)c(OC)c1)C(=O)c1cc(-c2ccc(Cl)cc2)on1. The number of aromatic nitrogens is 1. The van der Waals surface area contributed by atoms with Crippen LogP contribution in [0.4, 0.5) is 0 Å². The van der Waals surface area contributed by atoms with Crippen molar-refractivity contribution in [2.75, 3.05) is 20.8 Å². The van der Waals surface area contributed by atoms with Gasteiger partial charge in [0.1, 0.15) is 0 Å². The molecule has 0 saturated carbocycles. The molecule has 0 fully saturated rings. The topological polar surface area (TPSA) is 64.8 Å². The summed E-state index contributed by atoms with van der Waals surface area (Å²) in [5, 5.41) is 4.57. The van der Waals surface area contributed by atoms with Crippen molar-refractivity contribution < 1.29 is 18.8 Å². The van der Waals surface area contributed by atoms with Crippen LogP contribution in [0.15, 0.2) is 53.1 Å².